The predicted octanol–water partition coefficient (Wildman–Crippen LogP) is 13.7. The van der Waals surface area contributed by atoms with Gasteiger partial charge in [-0.2, -0.15) is 0 Å². The highest BCUT2D eigenvalue weighted by Gasteiger charge is 2.22. The highest BCUT2D eigenvalue weighted by molar-refractivity contribution is 6.07. The van der Waals surface area contributed by atoms with E-state index in [1.54, 1.807) is 6.08 Å². The Morgan fingerprint density at radius 3 is 1.96 bits per heavy atom. The fourth-order valence-electron chi connectivity index (χ4n) is 6.86. The van der Waals surface area contributed by atoms with Crippen LogP contribution in [-0.4, -0.2) is 0 Å². The van der Waals surface area contributed by atoms with Crippen LogP contribution < -0.4 is 4.90 Å². The summed E-state index contributed by atoms with van der Waals surface area (Å²) >= 11 is 0. The summed E-state index contributed by atoms with van der Waals surface area (Å²) in [5.41, 5.74) is 11.8. The van der Waals surface area contributed by atoms with Gasteiger partial charge < -0.3 is 13.7 Å². The molecule has 0 bridgehead atoms. The first kappa shape index (κ1) is 30.3. The smallest absolute Gasteiger partial charge is 0.137 e. The second-order valence-corrected chi connectivity index (χ2v) is 12.4. The predicted molar refractivity (Wildman–Crippen MR) is 207 cm³/mol. The van der Waals surface area contributed by atoms with Gasteiger partial charge in [-0.1, -0.05) is 123 Å². The van der Waals surface area contributed by atoms with E-state index in [4.69, 9.17) is 8.83 Å². The molecule has 0 fully saturated rings. The van der Waals surface area contributed by atoms with Crippen molar-refractivity contribution in [1.29, 1.82) is 0 Å². The Balaban J connectivity index is 1.27. The molecule has 0 saturated carbocycles. The van der Waals surface area contributed by atoms with Gasteiger partial charge in [-0.25, -0.2) is 0 Å². The molecule has 0 radical (unpaired) electrons. The first-order valence-electron chi connectivity index (χ1n) is 17.0. The maximum Gasteiger partial charge on any atom is 0.137 e. The Labute approximate surface area is 287 Å². The normalized spacial score (nSPS) is 11.6. The molecule has 2 aromatic heterocycles. The van der Waals surface area contributed by atoms with Crippen molar-refractivity contribution in [3.05, 3.63) is 170 Å². The summed E-state index contributed by atoms with van der Waals surface area (Å²) in [6.45, 7) is 6.12. The molecule has 6 aromatic carbocycles. The molecule has 3 heteroatoms. The van der Waals surface area contributed by atoms with Crippen molar-refractivity contribution < 1.29 is 8.83 Å². The fourth-order valence-corrected chi connectivity index (χ4v) is 6.86. The second-order valence-electron chi connectivity index (χ2n) is 12.4. The summed E-state index contributed by atoms with van der Waals surface area (Å²) in [5, 5.41) is 3.36. The van der Waals surface area contributed by atoms with Crippen LogP contribution in [0, 0.1) is 0 Å². The second kappa shape index (κ2) is 13.2. The monoisotopic (exact) mass is 635 g/mol. The van der Waals surface area contributed by atoms with E-state index >= 15 is 0 Å². The summed E-state index contributed by atoms with van der Waals surface area (Å²) in [7, 11) is 0. The van der Waals surface area contributed by atoms with E-state index in [-0.39, 0.29) is 0 Å². The number of anilines is 3. The van der Waals surface area contributed by atoms with Crippen LogP contribution in [0.1, 0.15) is 31.1 Å². The zero-order valence-electron chi connectivity index (χ0n) is 27.6. The number of allylic oxidation sites excluding steroid dienone is 2. The van der Waals surface area contributed by atoms with Gasteiger partial charge in [0, 0.05) is 39.2 Å². The SMILES string of the molecule is C=C/C=C\c1oc2cccc(N(c3ccc(-c4ccc(-c5ccccc5)cc4)cc3)c3ccc4c(c3)oc3ccccc34)c2c1CCCC. The zero-order valence-corrected chi connectivity index (χ0v) is 27.6. The van der Waals surface area contributed by atoms with Crippen LogP contribution in [0.5, 0.6) is 0 Å². The van der Waals surface area contributed by atoms with E-state index in [9.17, 15) is 0 Å². The third kappa shape index (κ3) is 5.74. The molecular formula is C46H37NO2. The average molecular weight is 636 g/mol. The van der Waals surface area contributed by atoms with Gasteiger partial charge in [0.15, 0.2) is 0 Å². The minimum atomic E-state index is 0.860. The van der Waals surface area contributed by atoms with Gasteiger partial charge in [0.25, 0.3) is 0 Å². The van der Waals surface area contributed by atoms with Crippen LogP contribution >= 0.6 is 0 Å². The topological polar surface area (TPSA) is 29.5 Å². The first-order valence-corrected chi connectivity index (χ1v) is 17.0. The number of rotatable bonds is 10. The number of benzene rings is 6. The van der Waals surface area contributed by atoms with Crippen LogP contribution in [0.3, 0.4) is 0 Å². The van der Waals surface area contributed by atoms with Crippen LogP contribution in [0.25, 0.3) is 61.2 Å². The summed E-state index contributed by atoms with van der Waals surface area (Å²) in [6, 6.07) is 49.3. The fraction of sp³-hybridized carbons (Fsp3) is 0.0870. The molecule has 0 aliphatic heterocycles. The van der Waals surface area contributed by atoms with Crippen molar-refractivity contribution in [3.63, 3.8) is 0 Å². The van der Waals surface area contributed by atoms with Gasteiger partial charge in [-0.05, 0) is 83.6 Å². The minimum Gasteiger partial charge on any atom is -0.456 e. The number of fused-ring (bicyclic) bond motifs is 4. The van der Waals surface area contributed by atoms with Crippen molar-refractivity contribution in [2.75, 3.05) is 4.90 Å². The van der Waals surface area contributed by atoms with E-state index in [1.807, 2.05) is 24.3 Å². The first-order chi connectivity index (χ1) is 24.2. The third-order valence-corrected chi connectivity index (χ3v) is 9.30. The standard InChI is InChI=1S/C46H37NO2/c1-3-5-15-40-43(18-6-4-2)48-44-20-12-17-41(46(40)44)47(37-29-30-39-38-16-10-11-19-42(38)49-45(39)31-37)36-27-25-35(26-28-36)34-23-21-33(22-24-34)32-13-8-7-9-14-32/h4,6-14,16-31H,2-3,5,15H2,1H3/b18-6-. The molecule has 0 atom stereocenters. The van der Waals surface area contributed by atoms with E-state index in [0.29, 0.717) is 0 Å². The molecule has 8 rings (SSSR count). The summed E-state index contributed by atoms with van der Waals surface area (Å²) < 4.78 is 12.9. The third-order valence-electron chi connectivity index (χ3n) is 9.30. The van der Waals surface area contributed by atoms with Crippen LogP contribution in [0.4, 0.5) is 17.1 Å². The lowest BCUT2D eigenvalue weighted by atomic mass is 9.99. The largest absolute Gasteiger partial charge is 0.456 e. The molecule has 0 saturated heterocycles. The maximum absolute atomic E-state index is 6.51. The molecule has 0 aliphatic carbocycles. The number of furan rings is 2. The van der Waals surface area contributed by atoms with Crippen molar-refractivity contribution in [2.24, 2.45) is 0 Å². The number of unbranched alkanes of at least 4 members (excludes halogenated alkanes) is 1. The number of para-hydroxylation sites is 1. The average Bonchev–Trinajstić information content (AvgIpc) is 3.71. The van der Waals surface area contributed by atoms with Crippen molar-refractivity contribution in [1.82, 2.24) is 0 Å². The molecule has 8 aromatic rings. The molecule has 0 N–H and O–H groups in total. The van der Waals surface area contributed by atoms with Gasteiger partial charge in [-0.3, -0.25) is 0 Å². The molecule has 0 aliphatic rings. The van der Waals surface area contributed by atoms with E-state index in [2.05, 4.69) is 146 Å². The molecule has 49 heavy (non-hydrogen) atoms. The quantitative estimate of drug-likeness (QED) is 0.140. The minimum absolute atomic E-state index is 0.860. The molecular weight excluding hydrogens is 599 g/mol. The lowest BCUT2D eigenvalue weighted by Crippen LogP contribution is -2.10. The molecule has 0 unspecified atom stereocenters. The van der Waals surface area contributed by atoms with Gasteiger partial charge in [0.05, 0.1) is 5.69 Å². The number of nitrogens with zero attached hydrogens (tertiary/aromatic N) is 1. The Morgan fingerprint density at radius 1 is 0.592 bits per heavy atom. The van der Waals surface area contributed by atoms with Crippen LogP contribution in [-0.2, 0) is 6.42 Å². The Morgan fingerprint density at radius 2 is 1.22 bits per heavy atom. The van der Waals surface area contributed by atoms with Gasteiger partial charge in [0.2, 0.25) is 0 Å². The summed E-state index contributed by atoms with van der Waals surface area (Å²) in [5.74, 6) is 0.887. The van der Waals surface area contributed by atoms with Crippen molar-refractivity contribution in [2.45, 2.75) is 26.2 Å². The molecule has 0 spiro atoms. The summed E-state index contributed by atoms with van der Waals surface area (Å²) in [6.07, 6.45) is 8.87. The van der Waals surface area contributed by atoms with Crippen molar-refractivity contribution in [3.8, 4) is 22.3 Å². The highest BCUT2D eigenvalue weighted by atomic mass is 16.3. The van der Waals surface area contributed by atoms with Crippen LogP contribution in [0.15, 0.2) is 167 Å². The van der Waals surface area contributed by atoms with E-state index in [0.717, 1.165) is 80.6 Å². The number of aryl methyl sites for hydroxylation is 1. The molecule has 238 valence electrons. The number of hydrogen-bond acceptors (Lipinski definition) is 3. The zero-order chi connectivity index (χ0) is 33.2. The molecule has 2 heterocycles. The molecule has 0 amide bonds. The van der Waals surface area contributed by atoms with Gasteiger partial charge in [0.1, 0.15) is 22.5 Å². The summed E-state index contributed by atoms with van der Waals surface area (Å²) in [4.78, 5) is 2.34. The van der Waals surface area contributed by atoms with Crippen molar-refractivity contribution >= 4 is 56.0 Å². The molecule has 3 nitrogen and oxygen atoms in total. The Hall–Kier alpha value is -6.06. The van der Waals surface area contributed by atoms with Gasteiger partial charge in [-0.15, -0.1) is 0 Å². The van der Waals surface area contributed by atoms with E-state index < -0.39 is 0 Å². The highest BCUT2D eigenvalue weighted by Crippen LogP contribution is 2.44. The van der Waals surface area contributed by atoms with Gasteiger partial charge >= 0.3 is 0 Å². The maximum atomic E-state index is 6.51. The Kier molecular flexibility index (Phi) is 8.17. The van der Waals surface area contributed by atoms with E-state index in [1.165, 1.54) is 22.3 Å². The Bertz CT molecular complexity index is 2430. The number of hydrogen-bond donors (Lipinski definition) is 0. The lowest BCUT2D eigenvalue weighted by Gasteiger charge is -2.26. The van der Waals surface area contributed by atoms with Crippen LogP contribution in [0.2, 0.25) is 0 Å². The lowest BCUT2D eigenvalue weighted by molar-refractivity contribution is 0.596.